The normalized spacial score (nSPS) is 17.2. The summed E-state index contributed by atoms with van der Waals surface area (Å²) in [5.74, 6) is 0.228. The Morgan fingerprint density at radius 1 is 1.58 bits per heavy atom. The Hall–Kier alpha value is -2.06. The minimum Gasteiger partial charge on any atom is -0.484 e. The van der Waals surface area contributed by atoms with E-state index in [0.29, 0.717) is 5.75 Å². The summed E-state index contributed by atoms with van der Waals surface area (Å²) >= 11 is 0. The van der Waals surface area contributed by atoms with Gasteiger partial charge in [-0.1, -0.05) is 6.07 Å². The minimum atomic E-state index is -0.445. The monoisotopic (exact) mass is 260 g/mol. The lowest BCUT2D eigenvalue weighted by Gasteiger charge is -2.21. The predicted octanol–water partition coefficient (Wildman–Crippen LogP) is 1.07. The maximum Gasteiger partial charge on any atom is 0.258 e. The number of fused-ring (bicyclic) bond motifs is 1. The van der Waals surface area contributed by atoms with Gasteiger partial charge in [0, 0.05) is 0 Å². The van der Waals surface area contributed by atoms with Gasteiger partial charge in [0.2, 0.25) is 0 Å². The number of nitrogens with zero attached hydrogens (tertiary/aromatic N) is 1. The van der Waals surface area contributed by atoms with Crippen LogP contribution in [0.25, 0.3) is 0 Å². The van der Waals surface area contributed by atoms with Crippen molar-refractivity contribution in [2.75, 3.05) is 13.2 Å². The molecule has 1 aromatic carbocycles. The maximum absolute atomic E-state index is 11.3. The molecule has 0 spiro atoms. The van der Waals surface area contributed by atoms with Gasteiger partial charge in [-0.3, -0.25) is 4.79 Å². The molecule has 0 fully saturated rings. The van der Waals surface area contributed by atoms with Crippen molar-refractivity contribution in [3.8, 4) is 11.8 Å². The van der Waals surface area contributed by atoms with Crippen LogP contribution < -0.4 is 10.1 Å². The van der Waals surface area contributed by atoms with Crippen LogP contribution in [0.15, 0.2) is 18.2 Å². The van der Waals surface area contributed by atoms with Gasteiger partial charge in [0.15, 0.2) is 6.61 Å². The van der Waals surface area contributed by atoms with E-state index in [0.717, 1.165) is 30.4 Å². The Bertz CT molecular complexity index is 508. The molecule has 0 aliphatic heterocycles. The Kier molecular flexibility index (Phi) is 4.37. The second kappa shape index (κ2) is 6.21. The van der Waals surface area contributed by atoms with E-state index >= 15 is 0 Å². The number of hydrogen-bond donors (Lipinski definition) is 2. The molecule has 5 heteroatoms. The third kappa shape index (κ3) is 3.46. The summed E-state index contributed by atoms with van der Waals surface area (Å²) < 4.78 is 5.35. The van der Waals surface area contributed by atoms with E-state index in [4.69, 9.17) is 10.00 Å². The number of nitrogens with one attached hydrogen (secondary N) is 1. The molecule has 0 heterocycles. The standard InChI is InChI=1S/C14H16N2O3/c15-6-7-16-14(18)9-19-11-5-4-10-2-1-3-13(17)12(10)8-11/h4-5,8,13,17H,1-3,7,9H2,(H,16,18)/t13-/m0/s1. The molecule has 1 aliphatic carbocycles. The van der Waals surface area contributed by atoms with Crippen molar-refractivity contribution < 1.29 is 14.6 Å². The van der Waals surface area contributed by atoms with Crippen LogP contribution in [0.2, 0.25) is 0 Å². The molecule has 100 valence electrons. The molecular weight excluding hydrogens is 244 g/mol. The molecule has 0 bridgehead atoms. The largest absolute Gasteiger partial charge is 0.484 e. The van der Waals surface area contributed by atoms with Crippen molar-refractivity contribution in [1.29, 1.82) is 5.26 Å². The smallest absolute Gasteiger partial charge is 0.258 e. The number of aliphatic hydroxyl groups excluding tert-OH is 1. The Morgan fingerprint density at radius 3 is 3.21 bits per heavy atom. The van der Waals surface area contributed by atoms with Gasteiger partial charge in [-0.05, 0) is 42.5 Å². The fourth-order valence-corrected chi connectivity index (χ4v) is 2.18. The summed E-state index contributed by atoms with van der Waals surface area (Å²) in [7, 11) is 0. The number of rotatable bonds is 4. The first-order valence-corrected chi connectivity index (χ1v) is 6.28. The summed E-state index contributed by atoms with van der Waals surface area (Å²) in [6.07, 6.45) is 2.28. The first-order chi connectivity index (χ1) is 9.20. The van der Waals surface area contributed by atoms with Gasteiger partial charge < -0.3 is 15.2 Å². The molecule has 0 saturated heterocycles. The molecule has 2 N–H and O–H groups in total. The third-order valence-corrected chi connectivity index (χ3v) is 3.13. The van der Waals surface area contributed by atoms with Gasteiger partial charge in [0.25, 0.3) is 5.91 Å². The molecule has 2 rings (SSSR count). The van der Waals surface area contributed by atoms with E-state index in [1.54, 1.807) is 12.1 Å². The Labute approximate surface area is 111 Å². The van der Waals surface area contributed by atoms with Gasteiger partial charge in [0.1, 0.15) is 12.3 Å². The number of aliphatic hydroxyl groups is 1. The number of carbonyl (C=O) groups is 1. The number of hydrogen-bond acceptors (Lipinski definition) is 4. The average molecular weight is 260 g/mol. The van der Waals surface area contributed by atoms with E-state index < -0.39 is 6.10 Å². The highest BCUT2D eigenvalue weighted by Crippen LogP contribution is 2.32. The average Bonchev–Trinajstić information content (AvgIpc) is 2.43. The van der Waals surface area contributed by atoms with E-state index in [9.17, 15) is 9.90 Å². The van der Waals surface area contributed by atoms with Crippen LogP contribution in [0.3, 0.4) is 0 Å². The van der Waals surface area contributed by atoms with Crippen molar-refractivity contribution in [2.24, 2.45) is 0 Å². The molecule has 1 amide bonds. The zero-order chi connectivity index (χ0) is 13.7. The zero-order valence-electron chi connectivity index (χ0n) is 10.6. The molecule has 5 nitrogen and oxygen atoms in total. The van der Waals surface area contributed by atoms with E-state index in [-0.39, 0.29) is 19.1 Å². The lowest BCUT2D eigenvalue weighted by atomic mass is 9.89. The van der Waals surface area contributed by atoms with Crippen LogP contribution in [0.5, 0.6) is 5.75 Å². The van der Waals surface area contributed by atoms with Gasteiger partial charge in [-0.25, -0.2) is 0 Å². The number of carbonyl (C=O) groups excluding carboxylic acids is 1. The fraction of sp³-hybridized carbons (Fsp3) is 0.429. The van der Waals surface area contributed by atoms with Crippen LogP contribution in [-0.4, -0.2) is 24.2 Å². The van der Waals surface area contributed by atoms with E-state index in [2.05, 4.69) is 5.32 Å². The van der Waals surface area contributed by atoms with Crippen LogP contribution in [0.1, 0.15) is 30.1 Å². The SMILES string of the molecule is N#CCNC(=O)COc1ccc2c(c1)[C@@H](O)CCC2. The predicted molar refractivity (Wildman–Crippen MR) is 68.5 cm³/mol. The van der Waals surface area contributed by atoms with Gasteiger partial charge in [0.05, 0.1) is 12.2 Å². The molecule has 1 atom stereocenters. The van der Waals surface area contributed by atoms with Crippen molar-refractivity contribution in [3.05, 3.63) is 29.3 Å². The molecule has 0 saturated carbocycles. The van der Waals surface area contributed by atoms with Crippen molar-refractivity contribution in [3.63, 3.8) is 0 Å². The molecule has 1 aromatic rings. The maximum atomic E-state index is 11.3. The van der Waals surface area contributed by atoms with Crippen molar-refractivity contribution in [2.45, 2.75) is 25.4 Å². The Morgan fingerprint density at radius 2 is 2.42 bits per heavy atom. The van der Waals surface area contributed by atoms with E-state index in [1.807, 2.05) is 12.1 Å². The third-order valence-electron chi connectivity index (χ3n) is 3.13. The molecular formula is C14H16N2O3. The summed E-state index contributed by atoms with van der Waals surface area (Å²) in [4.78, 5) is 11.3. The first-order valence-electron chi connectivity index (χ1n) is 6.28. The number of aryl methyl sites for hydroxylation is 1. The molecule has 0 aromatic heterocycles. The molecule has 0 radical (unpaired) electrons. The highest BCUT2D eigenvalue weighted by molar-refractivity contribution is 5.77. The van der Waals surface area contributed by atoms with Crippen LogP contribution >= 0.6 is 0 Å². The quantitative estimate of drug-likeness (QED) is 0.793. The second-order valence-corrected chi connectivity index (χ2v) is 4.49. The van der Waals surface area contributed by atoms with Gasteiger partial charge in [-0.15, -0.1) is 0 Å². The van der Waals surface area contributed by atoms with Crippen LogP contribution in [-0.2, 0) is 11.2 Å². The lowest BCUT2D eigenvalue weighted by molar-refractivity contribution is -0.122. The minimum absolute atomic E-state index is 0.0227. The molecule has 1 aliphatic rings. The van der Waals surface area contributed by atoms with Crippen LogP contribution in [0, 0.1) is 11.3 Å². The van der Waals surface area contributed by atoms with Crippen molar-refractivity contribution >= 4 is 5.91 Å². The highest BCUT2D eigenvalue weighted by Gasteiger charge is 2.18. The number of amides is 1. The topological polar surface area (TPSA) is 82.4 Å². The highest BCUT2D eigenvalue weighted by atomic mass is 16.5. The Balaban J connectivity index is 1.97. The lowest BCUT2D eigenvalue weighted by Crippen LogP contribution is -2.29. The van der Waals surface area contributed by atoms with Gasteiger partial charge in [-0.2, -0.15) is 5.26 Å². The number of nitriles is 1. The summed E-state index contributed by atoms with van der Waals surface area (Å²) in [5, 5.41) is 20.6. The number of ether oxygens (including phenoxy) is 1. The fourth-order valence-electron chi connectivity index (χ4n) is 2.18. The van der Waals surface area contributed by atoms with Crippen LogP contribution in [0.4, 0.5) is 0 Å². The van der Waals surface area contributed by atoms with Gasteiger partial charge >= 0.3 is 0 Å². The summed E-state index contributed by atoms with van der Waals surface area (Å²) in [6, 6.07) is 7.34. The molecule has 0 unspecified atom stereocenters. The summed E-state index contributed by atoms with van der Waals surface area (Å²) in [6.45, 7) is -0.151. The first kappa shape index (κ1) is 13.4. The molecule has 19 heavy (non-hydrogen) atoms. The number of benzene rings is 1. The zero-order valence-corrected chi connectivity index (χ0v) is 10.6. The van der Waals surface area contributed by atoms with Crippen molar-refractivity contribution in [1.82, 2.24) is 5.32 Å². The summed E-state index contributed by atoms with van der Waals surface area (Å²) in [5.41, 5.74) is 2.03. The second-order valence-electron chi connectivity index (χ2n) is 4.49. The van der Waals surface area contributed by atoms with E-state index in [1.165, 1.54) is 0 Å².